The maximum absolute atomic E-state index is 11.5. The molecule has 2 aromatic rings. The van der Waals surface area contributed by atoms with Gasteiger partial charge in [0.25, 0.3) is 0 Å². The van der Waals surface area contributed by atoms with E-state index in [4.69, 9.17) is 0 Å². The van der Waals surface area contributed by atoms with E-state index in [9.17, 15) is 9.90 Å². The Hall–Kier alpha value is -1.24. The van der Waals surface area contributed by atoms with E-state index in [1.807, 2.05) is 26.0 Å². The van der Waals surface area contributed by atoms with Crippen molar-refractivity contribution >= 4 is 22.6 Å². The summed E-state index contributed by atoms with van der Waals surface area (Å²) in [6.07, 6.45) is 1.29. The minimum atomic E-state index is -0.332. The van der Waals surface area contributed by atoms with Crippen molar-refractivity contribution in [3.63, 3.8) is 0 Å². The Kier molecular flexibility index (Phi) is 2.79. The van der Waals surface area contributed by atoms with Gasteiger partial charge in [-0.3, -0.25) is 0 Å². The second kappa shape index (κ2) is 3.97. The van der Waals surface area contributed by atoms with Crippen LogP contribution >= 0.6 is 22.6 Å². The van der Waals surface area contributed by atoms with Crippen molar-refractivity contribution in [2.45, 2.75) is 13.8 Å². The maximum atomic E-state index is 11.5. The fourth-order valence-corrected chi connectivity index (χ4v) is 2.22. The highest BCUT2D eigenvalue weighted by Crippen LogP contribution is 2.22. The van der Waals surface area contributed by atoms with Gasteiger partial charge in [0.2, 0.25) is 5.88 Å². The highest BCUT2D eigenvalue weighted by Gasteiger charge is 2.11. The third-order valence-corrected chi connectivity index (χ3v) is 3.64. The highest BCUT2D eigenvalue weighted by atomic mass is 127. The van der Waals surface area contributed by atoms with Crippen molar-refractivity contribution in [1.29, 1.82) is 0 Å². The summed E-state index contributed by atoms with van der Waals surface area (Å²) in [6.45, 7) is 3.88. The molecule has 0 unspecified atom stereocenters. The van der Waals surface area contributed by atoms with Crippen molar-refractivity contribution in [1.82, 2.24) is 9.55 Å². The standard InChI is InChI=1S/C11H11IN2O2/c1-6-4-9(7(2)3-8(6)12)14-10(15)5-13-11(14)16/h3-5,15H,1-2H3,(H,13,16). The smallest absolute Gasteiger partial charge is 0.333 e. The highest BCUT2D eigenvalue weighted by molar-refractivity contribution is 14.1. The average Bonchev–Trinajstić information content (AvgIpc) is 2.53. The van der Waals surface area contributed by atoms with Gasteiger partial charge in [0.1, 0.15) is 0 Å². The summed E-state index contributed by atoms with van der Waals surface area (Å²) >= 11 is 2.24. The summed E-state index contributed by atoms with van der Waals surface area (Å²) in [6, 6.07) is 3.89. The molecule has 0 atom stereocenters. The average molecular weight is 330 g/mol. The molecule has 2 rings (SSSR count). The van der Waals surface area contributed by atoms with Crippen LogP contribution in [0, 0.1) is 17.4 Å². The van der Waals surface area contributed by atoms with Crippen molar-refractivity contribution in [3.05, 3.63) is 43.5 Å². The van der Waals surface area contributed by atoms with Crippen molar-refractivity contribution < 1.29 is 5.11 Å². The van der Waals surface area contributed by atoms with Crippen LogP contribution in [0.15, 0.2) is 23.1 Å². The van der Waals surface area contributed by atoms with E-state index in [2.05, 4.69) is 27.6 Å². The molecule has 1 aromatic carbocycles. The number of aromatic nitrogens is 2. The summed E-state index contributed by atoms with van der Waals surface area (Å²) in [5, 5.41) is 9.60. The van der Waals surface area contributed by atoms with Crippen molar-refractivity contribution in [3.8, 4) is 11.6 Å². The van der Waals surface area contributed by atoms with Gasteiger partial charge in [-0.25, -0.2) is 9.36 Å². The zero-order valence-corrected chi connectivity index (χ0v) is 11.1. The normalized spacial score (nSPS) is 10.7. The number of rotatable bonds is 1. The molecule has 1 heterocycles. The van der Waals surface area contributed by atoms with Crippen molar-refractivity contribution in [2.24, 2.45) is 0 Å². The summed E-state index contributed by atoms with van der Waals surface area (Å²) in [4.78, 5) is 14.0. The predicted molar refractivity (Wildman–Crippen MR) is 70.2 cm³/mol. The summed E-state index contributed by atoms with van der Waals surface area (Å²) < 4.78 is 2.40. The number of hydrogen-bond acceptors (Lipinski definition) is 2. The lowest BCUT2D eigenvalue weighted by Crippen LogP contribution is -2.15. The van der Waals surface area contributed by atoms with E-state index in [1.165, 1.54) is 10.8 Å². The Morgan fingerprint density at radius 3 is 2.56 bits per heavy atom. The zero-order chi connectivity index (χ0) is 11.9. The lowest BCUT2D eigenvalue weighted by Gasteiger charge is -2.09. The van der Waals surface area contributed by atoms with E-state index >= 15 is 0 Å². The van der Waals surface area contributed by atoms with Gasteiger partial charge >= 0.3 is 5.69 Å². The van der Waals surface area contributed by atoms with Crippen LogP contribution in [-0.2, 0) is 0 Å². The van der Waals surface area contributed by atoms with Crippen LogP contribution < -0.4 is 5.69 Å². The van der Waals surface area contributed by atoms with E-state index in [0.29, 0.717) is 5.69 Å². The second-order valence-electron chi connectivity index (χ2n) is 3.68. The lowest BCUT2D eigenvalue weighted by molar-refractivity contribution is 0.440. The number of H-pyrrole nitrogens is 1. The zero-order valence-electron chi connectivity index (χ0n) is 8.91. The Labute approximate surface area is 106 Å². The van der Waals surface area contributed by atoms with Crippen LogP contribution in [0.4, 0.5) is 0 Å². The molecule has 84 valence electrons. The molecule has 0 saturated heterocycles. The number of aromatic amines is 1. The largest absolute Gasteiger partial charge is 0.493 e. The van der Waals surface area contributed by atoms with Crippen LogP contribution in [-0.4, -0.2) is 14.7 Å². The number of benzene rings is 1. The molecule has 0 aliphatic heterocycles. The van der Waals surface area contributed by atoms with Crippen LogP contribution in [0.1, 0.15) is 11.1 Å². The maximum Gasteiger partial charge on any atom is 0.333 e. The van der Waals surface area contributed by atoms with Gasteiger partial charge in [-0.1, -0.05) is 0 Å². The topological polar surface area (TPSA) is 58.0 Å². The second-order valence-corrected chi connectivity index (χ2v) is 4.84. The molecular weight excluding hydrogens is 319 g/mol. The van der Waals surface area contributed by atoms with Gasteiger partial charge in [0, 0.05) is 3.57 Å². The third-order valence-electron chi connectivity index (χ3n) is 2.48. The predicted octanol–water partition coefficient (Wildman–Crippen LogP) is 2.09. The summed E-state index contributed by atoms with van der Waals surface area (Å²) in [5.74, 6) is -0.0753. The fourth-order valence-electron chi connectivity index (χ4n) is 1.60. The molecule has 2 N–H and O–H groups in total. The van der Waals surface area contributed by atoms with Crippen molar-refractivity contribution in [2.75, 3.05) is 0 Å². The number of aromatic hydroxyl groups is 1. The molecule has 1 aromatic heterocycles. The molecule has 4 nitrogen and oxygen atoms in total. The minimum absolute atomic E-state index is 0.0753. The fraction of sp³-hybridized carbons (Fsp3) is 0.182. The monoisotopic (exact) mass is 330 g/mol. The quantitative estimate of drug-likeness (QED) is 0.787. The van der Waals surface area contributed by atoms with Gasteiger partial charge in [0.15, 0.2) is 0 Å². The Balaban J connectivity index is 2.74. The van der Waals surface area contributed by atoms with E-state index in [1.54, 1.807) is 0 Å². The Morgan fingerprint density at radius 1 is 1.31 bits per heavy atom. The molecule has 0 saturated carbocycles. The van der Waals surface area contributed by atoms with E-state index in [0.717, 1.165) is 14.7 Å². The number of nitrogens with one attached hydrogen (secondary N) is 1. The number of imidazole rings is 1. The number of aryl methyl sites for hydroxylation is 2. The first-order chi connectivity index (χ1) is 7.50. The van der Waals surface area contributed by atoms with E-state index in [-0.39, 0.29) is 11.6 Å². The molecule has 0 fully saturated rings. The van der Waals surface area contributed by atoms with Gasteiger partial charge in [-0.15, -0.1) is 0 Å². The first-order valence-corrected chi connectivity index (χ1v) is 5.85. The number of nitrogens with zero attached hydrogens (tertiary/aromatic N) is 1. The molecule has 0 spiro atoms. The van der Waals surface area contributed by atoms with Crippen LogP contribution in [0.5, 0.6) is 5.88 Å². The lowest BCUT2D eigenvalue weighted by atomic mass is 10.1. The first kappa shape index (κ1) is 11.3. The SMILES string of the molecule is Cc1cc(-n2c(O)c[nH]c2=O)c(C)cc1I. The van der Waals surface area contributed by atoms with Crippen LogP contribution in [0.2, 0.25) is 0 Å². The van der Waals surface area contributed by atoms with Crippen LogP contribution in [0.25, 0.3) is 5.69 Å². The van der Waals surface area contributed by atoms with Gasteiger partial charge < -0.3 is 10.1 Å². The molecule has 0 radical (unpaired) electrons. The van der Waals surface area contributed by atoms with Gasteiger partial charge in [-0.05, 0) is 59.7 Å². The summed E-state index contributed by atoms with van der Waals surface area (Å²) in [7, 11) is 0. The van der Waals surface area contributed by atoms with Crippen LogP contribution in [0.3, 0.4) is 0 Å². The molecule has 16 heavy (non-hydrogen) atoms. The molecule has 0 amide bonds. The van der Waals surface area contributed by atoms with Gasteiger partial charge in [-0.2, -0.15) is 0 Å². The molecule has 5 heteroatoms. The van der Waals surface area contributed by atoms with E-state index < -0.39 is 0 Å². The molecule has 0 bridgehead atoms. The Morgan fingerprint density at radius 2 is 2.00 bits per heavy atom. The molecule has 0 aliphatic carbocycles. The molecule has 0 aliphatic rings. The first-order valence-electron chi connectivity index (χ1n) is 4.77. The van der Waals surface area contributed by atoms with Gasteiger partial charge in [0.05, 0.1) is 11.9 Å². The number of halogens is 1. The minimum Gasteiger partial charge on any atom is -0.493 e. The molecular formula is C11H11IN2O2. The number of hydrogen-bond donors (Lipinski definition) is 2. The third kappa shape index (κ3) is 1.75. The summed E-state index contributed by atoms with van der Waals surface area (Å²) in [5.41, 5.74) is 2.41. The Bertz CT molecular complexity index is 599.